The molecule has 0 aliphatic carbocycles. The van der Waals surface area contributed by atoms with Gasteiger partial charge in [0, 0.05) is 17.8 Å². The van der Waals surface area contributed by atoms with E-state index in [2.05, 4.69) is 5.32 Å². The molecule has 0 saturated carbocycles. The van der Waals surface area contributed by atoms with Crippen molar-refractivity contribution in [1.29, 1.82) is 0 Å². The Hall–Kier alpha value is -2.37. The van der Waals surface area contributed by atoms with Crippen LogP contribution >= 0.6 is 0 Å². The Morgan fingerprint density at radius 3 is 2.62 bits per heavy atom. The fourth-order valence-electron chi connectivity index (χ4n) is 2.73. The lowest BCUT2D eigenvalue weighted by molar-refractivity contribution is -0.126. The third kappa shape index (κ3) is 4.13. The van der Waals surface area contributed by atoms with Crippen molar-refractivity contribution in [2.24, 2.45) is 5.73 Å². The van der Waals surface area contributed by atoms with Gasteiger partial charge in [-0.3, -0.25) is 4.79 Å². The Balaban J connectivity index is 1.62. The van der Waals surface area contributed by atoms with Gasteiger partial charge in [0.2, 0.25) is 0 Å². The first kappa shape index (κ1) is 16.5. The first-order valence-electron chi connectivity index (χ1n) is 8.18. The number of para-hydroxylation sites is 2. The molecule has 0 bridgehead atoms. The van der Waals surface area contributed by atoms with E-state index < -0.39 is 6.10 Å². The minimum Gasteiger partial charge on any atom is -0.489 e. The van der Waals surface area contributed by atoms with E-state index in [9.17, 15) is 4.79 Å². The van der Waals surface area contributed by atoms with Crippen molar-refractivity contribution < 1.29 is 14.3 Å². The Morgan fingerprint density at radius 2 is 1.88 bits per heavy atom. The molecule has 0 spiro atoms. The van der Waals surface area contributed by atoms with E-state index in [0.717, 1.165) is 23.4 Å². The molecule has 2 atom stereocenters. The molecule has 1 saturated heterocycles. The zero-order valence-corrected chi connectivity index (χ0v) is 13.5. The largest absolute Gasteiger partial charge is 0.489 e. The third-order valence-corrected chi connectivity index (χ3v) is 4.08. The molecule has 1 amide bonds. The van der Waals surface area contributed by atoms with E-state index in [1.54, 1.807) is 0 Å². The van der Waals surface area contributed by atoms with Crippen molar-refractivity contribution in [2.45, 2.75) is 31.7 Å². The van der Waals surface area contributed by atoms with Crippen LogP contribution in [0.5, 0.6) is 5.75 Å². The minimum atomic E-state index is -0.429. The van der Waals surface area contributed by atoms with E-state index in [1.165, 1.54) is 0 Å². The van der Waals surface area contributed by atoms with Crippen LogP contribution in [0.25, 0.3) is 0 Å². The highest BCUT2D eigenvalue weighted by Gasteiger charge is 2.30. The van der Waals surface area contributed by atoms with Gasteiger partial charge in [0.05, 0.1) is 6.10 Å². The molecule has 24 heavy (non-hydrogen) atoms. The molecule has 0 aromatic heterocycles. The first-order valence-corrected chi connectivity index (χ1v) is 8.18. The third-order valence-electron chi connectivity index (χ3n) is 4.08. The molecule has 2 aromatic carbocycles. The maximum absolute atomic E-state index is 12.4. The summed E-state index contributed by atoms with van der Waals surface area (Å²) in [6.45, 7) is 0.836. The van der Waals surface area contributed by atoms with Crippen molar-refractivity contribution >= 4 is 11.6 Å². The van der Waals surface area contributed by atoms with Crippen LogP contribution in [0.2, 0.25) is 0 Å². The van der Waals surface area contributed by atoms with Crippen LogP contribution < -0.4 is 15.8 Å². The zero-order valence-electron chi connectivity index (χ0n) is 13.5. The fraction of sp³-hybridized carbons (Fsp3) is 0.316. The fourth-order valence-corrected chi connectivity index (χ4v) is 2.73. The number of rotatable bonds is 6. The molecule has 5 nitrogen and oxygen atoms in total. The molecule has 126 valence electrons. The van der Waals surface area contributed by atoms with Gasteiger partial charge in [0.25, 0.3) is 5.91 Å². The molecule has 1 aliphatic heterocycles. The Morgan fingerprint density at radius 1 is 1.12 bits per heavy atom. The van der Waals surface area contributed by atoms with E-state index in [0.29, 0.717) is 19.6 Å². The average molecular weight is 326 g/mol. The molecule has 0 unspecified atom stereocenters. The molecule has 1 fully saturated rings. The summed E-state index contributed by atoms with van der Waals surface area (Å²) in [6.07, 6.45) is 1.09. The smallest absolute Gasteiger partial charge is 0.253 e. The van der Waals surface area contributed by atoms with Gasteiger partial charge in [0.1, 0.15) is 18.5 Å². The van der Waals surface area contributed by atoms with Crippen LogP contribution in [-0.2, 0) is 16.1 Å². The highest BCUT2D eigenvalue weighted by molar-refractivity contribution is 5.95. The number of ether oxygens (including phenoxy) is 2. The maximum Gasteiger partial charge on any atom is 0.253 e. The van der Waals surface area contributed by atoms with Crippen LogP contribution in [0.15, 0.2) is 54.6 Å². The molecule has 1 aliphatic rings. The second-order valence-electron chi connectivity index (χ2n) is 5.81. The number of hydrogen-bond acceptors (Lipinski definition) is 4. The van der Waals surface area contributed by atoms with Gasteiger partial charge in [-0.2, -0.15) is 0 Å². The summed E-state index contributed by atoms with van der Waals surface area (Å²) in [7, 11) is 0. The number of amides is 1. The van der Waals surface area contributed by atoms with Crippen molar-refractivity contribution in [3.63, 3.8) is 0 Å². The number of nitrogens with two attached hydrogens (primary N) is 1. The summed E-state index contributed by atoms with van der Waals surface area (Å²) in [6, 6.07) is 17.2. The predicted octanol–water partition coefficient (Wildman–Crippen LogP) is 2.71. The van der Waals surface area contributed by atoms with E-state index in [1.807, 2.05) is 54.6 Å². The van der Waals surface area contributed by atoms with Gasteiger partial charge < -0.3 is 20.5 Å². The van der Waals surface area contributed by atoms with E-state index in [4.69, 9.17) is 15.2 Å². The summed E-state index contributed by atoms with van der Waals surface area (Å²) in [5.74, 6) is 0.668. The summed E-state index contributed by atoms with van der Waals surface area (Å²) in [5.41, 5.74) is 7.26. The van der Waals surface area contributed by atoms with Crippen LogP contribution in [0, 0.1) is 0 Å². The van der Waals surface area contributed by atoms with Crippen LogP contribution in [0.4, 0.5) is 5.69 Å². The molecule has 3 rings (SSSR count). The van der Waals surface area contributed by atoms with Gasteiger partial charge in [-0.05, 0) is 31.0 Å². The number of anilines is 1. The number of benzene rings is 2. The summed E-state index contributed by atoms with van der Waals surface area (Å²) in [5, 5.41) is 2.95. The topological polar surface area (TPSA) is 73.6 Å². The minimum absolute atomic E-state index is 0.0163. The number of carbonyl (C=O) groups excluding carboxylic acids is 1. The normalized spacial score (nSPS) is 19.9. The first-order chi connectivity index (χ1) is 11.8. The van der Waals surface area contributed by atoms with Crippen molar-refractivity contribution in [3.8, 4) is 5.75 Å². The monoisotopic (exact) mass is 326 g/mol. The quantitative estimate of drug-likeness (QED) is 0.856. The molecule has 5 heteroatoms. The van der Waals surface area contributed by atoms with E-state index >= 15 is 0 Å². The molecule has 0 radical (unpaired) electrons. The number of nitrogens with one attached hydrogen (secondary N) is 1. The maximum atomic E-state index is 12.4. The summed E-state index contributed by atoms with van der Waals surface area (Å²) < 4.78 is 11.4. The Bertz CT molecular complexity index is 675. The lowest BCUT2D eigenvalue weighted by Gasteiger charge is -2.15. The van der Waals surface area contributed by atoms with Crippen molar-refractivity contribution in [2.75, 3.05) is 11.9 Å². The zero-order chi connectivity index (χ0) is 16.8. The van der Waals surface area contributed by atoms with Gasteiger partial charge in [-0.15, -0.1) is 0 Å². The van der Waals surface area contributed by atoms with Crippen LogP contribution in [0.1, 0.15) is 18.4 Å². The highest BCUT2D eigenvalue weighted by Crippen LogP contribution is 2.23. The lowest BCUT2D eigenvalue weighted by atomic mass is 10.1. The average Bonchev–Trinajstić information content (AvgIpc) is 3.11. The SMILES string of the molecule is NC[C@H]1CC[C@@H](C(=O)Nc2ccccc2COc2ccccc2)O1. The van der Waals surface area contributed by atoms with Crippen molar-refractivity contribution in [3.05, 3.63) is 60.2 Å². The second-order valence-corrected chi connectivity index (χ2v) is 5.81. The standard InChI is InChI=1S/C19H22N2O3/c20-12-16-10-11-18(24-16)19(22)21-17-9-5-4-6-14(17)13-23-15-7-2-1-3-8-15/h1-9,16,18H,10-13,20H2,(H,21,22)/t16-,18+/m1/s1. The predicted molar refractivity (Wildman–Crippen MR) is 92.8 cm³/mol. The van der Waals surface area contributed by atoms with E-state index in [-0.39, 0.29) is 12.0 Å². The molecular weight excluding hydrogens is 304 g/mol. The van der Waals surface area contributed by atoms with Gasteiger partial charge in [-0.25, -0.2) is 0 Å². The van der Waals surface area contributed by atoms with Gasteiger partial charge in [0.15, 0.2) is 0 Å². The van der Waals surface area contributed by atoms with Crippen LogP contribution in [-0.4, -0.2) is 24.7 Å². The van der Waals surface area contributed by atoms with Crippen LogP contribution in [0.3, 0.4) is 0 Å². The highest BCUT2D eigenvalue weighted by atomic mass is 16.5. The number of carbonyl (C=O) groups is 1. The summed E-state index contributed by atoms with van der Waals surface area (Å²) >= 11 is 0. The second kappa shape index (κ2) is 7.95. The summed E-state index contributed by atoms with van der Waals surface area (Å²) in [4.78, 5) is 12.4. The van der Waals surface area contributed by atoms with Gasteiger partial charge in [-0.1, -0.05) is 36.4 Å². The molecule has 2 aromatic rings. The number of hydrogen-bond donors (Lipinski definition) is 2. The Kier molecular flexibility index (Phi) is 5.46. The molecular formula is C19H22N2O3. The molecule has 3 N–H and O–H groups in total. The van der Waals surface area contributed by atoms with Gasteiger partial charge >= 0.3 is 0 Å². The Labute approximate surface area is 141 Å². The molecule has 1 heterocycles. The lowest BCUT2D eigenvalue weighted by Crippen LogP contribution is -2.30. The van der Waals surface area contributed by atoms with Crippen molar-refractivity contribution in [1.82, 2.24) is 0 Å².